The quantitative estimate of drug-likeness (QED) is 0.381. The van der Waals surface area contributed by atoms with Crippen LogP contribution in [0.1, 0.15) is 12.8 Å². The van der Waals surface area contributed by atoms with E-state index in [4.69, 9.17) is 14.9 Å². The van der Waals surface area contributed by atoms with Crippen molar-refractivity contribution in [3.05, 3.63) is 4.91 Å². The molecule has 0 aromatic rings. The SMILES string of the molecule is C1CCOC1.O=NO. The maximum absolute atomic E-state index is 8.11. The first kappa shape index (κ1) is 7.36. The van der Waals surface area contributed by atoms with E-state index in [0.717, 1.165) is 13.2 Å². The molecule has 1 aliphatic heterocycles. The van der Waals surface area contributed by atoms with E-state index in [1.165, 1.54) is 18.2 Å². The van der Waals surface area contributed by atoms with Gasteiger partial charge < -0.3 is 9.94 Å². The Labute approximate surface area is 47.4 Å². The van der Waals surface area contributed by atoms with Gasteiger partial charge in [0.1, 0.15) is 0 Å². The van der Waals surface area contributed by atoms with Crippen molar-refractivity contribution < 1.29 is 9.94 Å². The lowest BCUT2D eigenvalue weighted by atomic mass is 10.4. The lowest BCUT2D eigenvalue weighted by Crippen LogP contribution is -1.74. The molecule has 0 radical (unpaired) electrons. The van der Waals surface area contributed by atoms with E-state index in [2.05, 4.69) is 0 Å². The third kappa shape index (κ3) is 5.36. The lowest BCUT2D eigenvalue weighted by Gasteiger charge is -1.76. The smallest absolute Gasteiger partial charge is 0.152 e. The molecule has 48 valence electrons. The summed E-state index contributed by atoms with van der Waals surface area (Å²) >= 11 is 0. The molecule has 0 aliphatic carbocycles. The molecule has 8 heavy (non-hydrogen) atoms. The Balaban J connectivity index is 0.000000145. The van der Waals surface area contributed by atoms with Gasteiger partial charge in [-0.1, -0.05) is 0 Å². The third-order valence-corrected chi connectivity index (χ3v) is 0.827. The fourth-order valence-corrected chi connectivity index (χ4v) is 0.510. The van der Waals surface area contributed by atoms with Crippen LogP contribution in [0.25, 0.3) is 0 Å². The third-order valence-electron chi connectivity index (χ3n) is 0.827. The van der Waals surface area contributed by atoms with Crippen molar-refractivity contribution in [1.82, 2.24) is 0 Å². The standard InChI is InChI=1S/C4H8O.HNO2/c1-2-4-5-3-1;2-1-3/h1-4H2;(H,2,3). The maximum Gasteiger partial charge on any atom is 0.152 e. The molecule has 0 bridgehead atoms. The molecule has 1 saturated heterocycles. The lowest BCUT2D eigenvalue weighted by molar-refractivity contribution is 0.198. The zero-order chi connectivity index (χ0) is 6.24. The molecule has 4 heteroatoms. The second-order valence-corrected chi connectivity index (χ2v) is 1.40. The van der Waals surface area contributed by atoms with E-state index in [1.807, 2.05) is 0 Å². The highest BCUT2D eigenvalue weighted by molar-refractivity contribution is 4.43. The maximum atomic E-state index is 8.11. The molecule has 1 N–H and O–H groups in total. The number of hydrogen-bond donors (Lipinski definition) is 1. The average Bonchev–Trinajstić information content (AvgIpc) is 2.17. The van der Waals surface area contributed by atoms with Gasteiger partial charge in [0.25, 0.3) is 0 Å². The summed E-state index contributed by atoms with van der Waals surface area (Å²) < 4.78 is 4.94. The topological polar surface area (TPSA) is 58.9 Å². The molecule has 1 rings (SSSR count). The van der Waals surface area contributed by atoms with E-state index < -0.39 is 0 Å². The predicted molar refractivity (Wildman–Crippen MR) is 27.6 cm³/mol. The molecular formula is C4H9NO3. The Hall–Kier alpha value is -0.640. The van der Waals surface area contributed by atoms with E-state index in [0.29, 0.717) is 0 Å². The Kier molecular flexibility index (Phi) is 5.85. The number of rotatable bonds is 0. The molecule has 1 heterocycles. The second kappa shape index (κ2) is 6.36. The van der Waals surface area contributed by atoms with Crippen molar-refractivity contribution in [1.29, 1.82) is 0 Å². The summed E-state index contributed by atoms with van der Waals surface area (Å²) in [7, 11) is 0. The van der Waals surface area contributed by atoms with Crippen LogP contribution in [0, 0.1) is 4.91 Å². The molecule has 0 unspecified atom stereocenters. The van der Waals surface area contributed by atoms with Gasteiger partial charge in [-0.25, -0.2) is 0 Å². The van der Waals surface area contributed by atoms with Crippen molar-refractivity contribution in [3.63, 3.8) is 0 Å². The fraction of sp³-hybridized carbons (Fsp3) is 1.00. The van der Waals surface area contributed by atoms with Crippen LogP contribution >= 0.6 is 0 Å². The first-order valence-corrected chi connectivity index (χ1v) is 2.46. The van der Waals surface area contributed by atoms with Gasteiger partial charge in [-0.15, -0.1) is 4.91 Å². The van der Waals surface area contributed by atoms with Crippen LogP contribution in [0.5, 0.6) is 0 Å². The monoisotopic (exact) mass is 119 g/mol. The molecule has 1 fully saturated rings. The Morgan fingerprint density at radius 2 is 1.75 bits per heavy atom. The van der Waals surface area contributed by atoms with Gasteiger partial charge in [0, 0.05) is 13.2 Å². The van der Waals surface area contributed by atoms with Crippen LogP contribution in [-0.2, 0) is 4.74 Å². The van der Waals surface area contributed by atoms with Crippen LogP contribution in [-0.4, -0.2) is 18.4 Å². The van der Waals surface area contributed by atoms with Crippen LogP contribution in [0.15, 0.2) is 5.34 Å². The van der Waals surface area contributed by atoms with Crippen LogP contribution in [0.2, 0.25) is 0 Å². The Morgan fingerprint density at radius 3 is 1.88 bits per heavy atom. The fourth-order valence-electron chi connectivity index (χ4n) is 0.510. The van der Waals surface area contributed by atoms with Gasteiger partial charge in [-0.05, 0) is 12.8 Å². The minimum Gasteiger partial charge on any atom is -0.381 e. The molecule has 1 aliphatic rings. The largest absolute Gasteiger partial charge is 0.381 e. The molecule has 0 aromatic heterocycles. The summed E-state index contributed by atoms with van der Waals surface area (Å²) in [5.74, 6) is 0. The van der Waals surface area contributed by atoms with Gasteiger partial charge >= 0.3 is 0 Å². The van der Waals surface area contributed by atoms with Gasteiger partial charge in [0.05, 0.1) is 0 Å². The van der Waals surface area contributed by atoms with Crippen molar-refractivity contribution in [2.75, 3.05) is 13.2 Å². The number of ether oxygens (including phenoxy) is 1. The molecule has 0 atom stereocenters. The molecule has 0 aromatic carbocycles. The van der Waals surface area contributed by atoms with Gasteiger partial charge in [0.15, 0.2) is 5.34 Å². The molecule has 0 spiro atoms. The Morgan fingerprint density at radius 1 is 1.38 bits per heavy atom. The van der Waals surface area contributed by atoms with E-state index in [-0.39, 0.29) is 0 Å². The van der Waals surface area contributed by atoms with Crippen LogP contribution in [0.3, 0.4) is 0 Å². The predicted octanol–water partition coefficient (Wildman–Crippen LogP) is 0.939. The molecule has 0 amide bonds. The molecule has 4 nitrogen and oxygen atoms in total. The Bertz CT molecular complexity index is 45.6. The molecular weight excluding hydrogens is 110 g/mol. The summed E-state index contributed by atoms with van der Waals surface area (Å²) in [5.41, 5.74) is 0. The highest BCUT2D eigenvalue weighted by atomic mass is 16.6. The van der Waals surface area contributed by atoms with E-state index in [9.17, 15) is 0 Å². The van der Waals surface area contributed by atoms with Crippen molar-refractivity contribution in [3.8, 4) is 0 Å². The zero-order valence-corrected chi connectivity index (χ0v) is 4.54. The minimum absolute atomic E-state index is 1.00. The van der Waals surface area contributed by atoms with Crippen molar-refractivity contribution >= 4 is 0 Å². The van der Waals surface area contributed by atoms with Crippen LogP contribution < -0.4 is 0 Å². The van der Waals surface area contributed by atoms with Crippen LogP contribution in [0.4, 0.5) is 0 Å². The summed E-state index contributed by atoms with van der Waals surface area (Å²) in [5, 5.41) is 7.89. The first-order chi connectivity index (χ1) is 3.91. The van der Waals surface area contributed by atoms with E-state index in [1.54, 1.807) is 0 Å². The summed E-state index contributed by atoms with van der Waals surface area (Å²) in [6.07, 6.45) is 2.56. The second-order valence-electron chi connectivity index (χ2n) is 1.40. The summed E-state index contributed by atoms with van der Waals surface area (Å²) in [6.45, 7) is 2.00. The summed E-state index contributed by atoms with van der Waals surface area (Å²) in [6, 6.07) is 0. The summed E-state index contributed by atoms with van der Waals surface area (Å²) in [4.78, 5) is 8.11. The highest BCUT2D eigenvalue weighted by Gasteiger charge is 1.94. The van der Waals surface area contributed by atoms with Gasteiger partial charge in [-0.2, -0.15) is 0 Å². The normalized spacial score (nSPS) is 16.5. The highest BCUT2D eigenvalue weighted by Crippen LogP contribution is 1.98. The number of nitrogens with zero attached hydrogens (tertiary/aromatic N) is 1. The van der Waals surface area contributed by atoms with Crippen molar-refractivity contribution in [2.24, 2.45) is 5.34 Å². The first-order valence-electron chi connectivity index (χ1n) is 2.46. The zero-order valence-electron chi connectivity index (χ0n) is 4.54. The van der Waals surface area contributed by atoms with E-state index >= 15 is 0 Å². The van der Waals surface area contributed by atoms with Gasteiger partial charge in [0.2, 0.25) is 0 Å². The van der Waals surface area contributed by atoms with Crippen molar-refractivity contribution in [2.45, 2.75) is 12.8 Å². The minimum atomic E-state index is 1.00. The number of hydrogen-bond acceptors (Lipinski definition) is 3. The average molecular weight is 119 g/mol. The van der Waals surface area contributed by atoms with Gasteiger partial charge in [-0.3, -0.25) is 0 Å². The molecule has 0 saturated carbocycles.